The van der Waals surface area contributed by atoms with Crippen molar-refractivity contribution >= 4 is 22.6 Å². The van der Waals surface area contributed by atoms with E-state index >= 15 is 0 Å². The van der Waals surface area contributed by atoms with E-state index in [-0.39, 0.29) is 6.61 Å². The minimum atomic E-state index is 0.237. The van der Waals surface area contributed by atoms with Crippen LogP contribution in [-0.4, -0.2) is 24.9 Å². The number of fused-ring (bicyclic) bond motifs is 1. The van der Waals surface area contributed by atoms with E-state index in [1.54, 1.807) is 18.5 Å². The van der Waals surface area contributed by atoms with Gasteiger partial charge in [-0.1, -0.05) is 11.6 Å². The molecule has 0 aromatic carbocycles. The number of hydrogen-bond donors (Lipinski definition) is 0. The molecule has 0 radical (unpaired) electrons. The number of aromatic nitrogens is 5. The third kappa shape index (κ3) is 2.65. The lowest BCUT2D eigenvalue weighted by Crippen LogP contribution is -2.03. The van der Waals surface area contributed by atoms with Gasteiger partial charge in [-0.2, -0.15) is 0 Å². The molecule has 0 aliphatic rings. The maximum absolute atomic E-state index is 5.93. The summed E-state index contributed by atoms with van der Waals surface area (Å²) in [5, 5.41) is 0.323. The Balaban J connectivity index is 1.81. The summed E-state index contributed by atoms with van der Waals surface area (Å²) in [4.78, 5) is 20.8. The van der Waals surface area contributed by atoms with Gasteiger partial charge in [0.05, 0.1) is 11.7 Å². The second-order valence-electron chi connectivity index (χ2n) is 4.08. The van der Waals surface area contributed by atoms with Gasteiger partial charge in [0, 0.05) is 18.1 Å². The van der Waals surface area contributed by atoms with Gasteiger partial charge in [0.1, 0.15) is 12.1 Å². The Morgan fingerprint density at radius 1 is 1.10 bits per heavy atom. The maximum Gasteiger partial charge on any atom is 0.233 e. The van der Waals surface area contributed by atoms with Crippen molar-refractivity contribution in [1.29, 1.82) is 0 Å². The highest BCUT2D eigenvalue weighted by Crippen LogP contribution is 2.19. The van der Waals surface area contributed by atoms with E-state index in [0.717, 1.165) is 5.69 Å². The van der Waals surface area contributed by atoms with Crippen molar-refractivity contribution in [1.82, 2.24) is 24.9 Å². The van der Waals surface area contributed by atoms with Crippen molar-refractivity contribution in [2.45, 2.75) is 13.5 Å². The summed E-state index contributed by atoms with van der Waals surface area (Å²) in [6.45, 7) is 2.14. The molecule has 0 saturated carbocycles. The first kappa shape index (κ1) is 12.7. The monoisotopic (exact) mass is 287 g/mol. The molecule has 3 heterocycles. The summed E-state index contributed by atoms with van der Waals surface area (Å²) >= 11 is 5.93. The highest BCUT2D eigenvalue weighted by Gasteiger charge is 2.06. The smallest absolute Gasteiger partial charge is 0.233 e. The fourth-order valence-electron chi connectivity index (χ4n) is 1.67. The van der Waals surface area contributed by atoms with Gasteiger partial charge in [0.25, 0.3) is 0 Å². The van der Waals surface area contributed by atoms with E-state index < -0.39 is 0 Å². The predicted octanol–water partition coefficient (Wildman–Crippen LogP) is 2.36. The lowest BCUT2D eigenvalue weighted by atomic mass is 10.4. The number of pyridine rings is 1. The second-order valence-corrected chi connectivity index (χ2v) is 4.44. The molecule has 0 unspecified atom stereocenters. The zero-order valence-corrected chi connectivity index (χ0v) is 11.4. The molecule has 3 aromatic heterocycles. The SMILES string of the molecule is Cc1ccnc(COc2cnc3c(Cl)nccc3n2)n1. The van der Waals surface area contributed by atoms with E-state index in [2.05, 4.69) is 24.9 Å². The molecule has 0 bridgehead atoms. The highest BCUT2D eigenvalue weighted by atomic mass is 35.5. The van der Waals surface area contributed by atoms with Crippen LogP contribution in [0.1, 0.15) is 11.5 Å². The number of hydrogen-bond acceptors (Lipinski definition) is 6. The van der Waals surface area contributed by atoms with Crippen molar-refractivity contribution in [2.24, 2.45) is 0 Å². The number of ether oxygens (including phenoxy) is 1. The quantitative estimate of drug-likeness (QED) is 0.689. The Kier molecular flexibility index (Phi) is 3.39. The van der Waals surface area contributed by atoms with Crippen LogP contribution in [0.2, 0.25) is 5.15 Å². The van der Waals surface area contributed by atoms with Crippen LogP contribution in [0.15, 0.2) is 30.7 Å². The summed E-state index contributed by atoms with van der Waals surface area (Å²) in [6, 6.07) is 3.55. The van der Waals surface area contributed by atoms with Gasteiger partial charge in [0.15, 0.2) is 11.0 Å². The van der Waals surface area contributed by atoms with Crippen LogP contribution in [0.25, 0.3) is 11.0 Å². The molecule has 7 heteroatoms. The summed E-state index contributed by atoms with van der Waals surface area (Å²) in [5.74, 6) is 0.990. The Hall–Kier alpha value is -2.34. The molecular formula is C13H10ClN5O. The fourth-order valence-corrected chi connectivity index (χ4v) is 1.88. The van der Waals surface area contributed by atoms with Gasteiger partial charge in [0.2, 0.25) is 5.88 Å². The lowest BCUT2D eigenvalue weighted by Gasteiger charge is -2.05. The number of halogens is 1. The van der Waals surface area contributed by atoms with Crippen molar-refractivity contribution in [2.75, 3.05) is 0 Å². The first-order valence-electron chi connectivity index (χ1n) is 5.91. The standard InChI is InChI=1S/C13H10ClN5O/c1-8-2-4-15-10(18-8)7-20-11-6-17-12-9(19-11)3-5-16-13(12)14/h2-6H,7H2,1H3. The van der Waals surface area contributed by atoms with E-state index in [9.17, 15) is 0 Å². The van der Waals surface area contributed by atoms with Crippen LogP contribution in [0.4, 0.5) is 0 Å². The Labute approximate surface area is 119 Å². The van der Waals surface area contributed by atoms with Crippen molar-refractivity contribution < 1.29 is 4.74 Å². The number of rotatable bonds is 3. The van der Waals surface area contributed by atoms with E-state index in [1.165, 1.54) is 6.20 Å². The van der Waals surface area contributed by atoms with Gasteiger partial charge in [-0.15, -0.1) is 0 Å². The molecule has 0 saturated heterocycles. The fraction of sp³-hybridized carbons (Fsp3) is 0.154. The Morgan fingerprint density at radius 2 is 1.95 bits per heavy atom. The third-order valence-corrected chi connectivity index (χ3v) is 2.86. The number of aryl methyl sites for hydroxylation is 1. The normalized spacial score (nSPS) is 10.7. The first-order chi connectivity index (χ1) is 9.72. The largest absolute Gasteiger partial charge is 0.468 e. The zero-order chi connectivity index (χ0) is 13.9. The molecular weight excluding hydrogens is 278 g/mol. The minimum absolute atomic E-state index is 0.237. The molecule has 0 amide bonds. The van der Waals surface area contributed by atoms with Gasteiger partial charge in [-0.05, 0) is 19.1 Å². The van der Waals surface area contributed by atoms with Gasteiger partial charge in [-0.25, -0.2) is 24.9 Å². The van der Waals surface area contributed by atoms with Gasteiger partial charge in [-0.3, -0.25) is 0 Å². The third-order valence-electron chi connectivity index (χ3n) is 2.59. The van der Waals surface area contributed by atoms with E-state index in [1.807, 2.05) is 13.0 Å². The summed E-state index contributed by atoms with van der Waals surface area (Å²) in [5.41, 5.74) is 2.07. The molecule has 0 N–H and O–H groups in total. The van der Waals surface area contributed by atoms with E-state index in [4.69, 9.17) is 16.3 Å². The minimum Gasteiger partial charge on any atom is -0.468 e. The maximum atomic E-state index is 5.93. The van der Waals surface area contributed by atoms with Crippen LogP contribution in [0, 0.1) is 6.92 Å². The van der Waals surface area contributed by atoms with Crippen LogP contribution in [0.5, 0.6) is 5.88 Å². The molecule has 0 atom stereocenters. The van der Waals surface area contributed by atoms with Crippen molar-refractivity contribution in [3.05, 3.63) is 47.4 Å². The summed E-state index contributed by atoms with van der Waals surface area (Å²) in [6.07, 6.45) is 4.77. The van der Waals surface area contributed by atoms with Gasteiger partial charge < -0.3 is 4.74 Å². The molecule has 100 valence electrons. The first-order valence-corrected chi connectivity index (χ1v) is 6.29. The zero-order valence-electron chi connectivity index (χ0n) is 10.6. The van der Waals surface area contributed by atoms with Gasteiger partial charge >= 0.3 is 0 Å². The topological polar surface area (TPSA) is 73.7 Å². The van der Waals surface area contributed by atoms with Crippen LogP contribution in [0.3, 0.4) is 0 Å². The lowest BCUT2D eigenvalue weighted by molar-refractivity contribution is 0.283. The molecule has 0 aliphatic heterocycles. The predicted molar refractivity (Wildman–Crippen MR) is 73.4 cm³/mol. The molecule has 3 rings (SSSR count). The van der Waals surface area contributed by atoms with Crippen molar-refractivity contribution in [3.63, 3.8) is 0 Å². The van der Waals surface area contributed by atoms with Crippen LogP contribution in [-0.2, 0) is 6.61 Å². The molecule has 0 fully saturated rings. The van der Waals surface area contributed by atoms with Crippen LogP contribution >= 0.6 is 11.6 Å². The molecule has 0 spiro atoms. The van der Waals surface area contributed by atoms with Crippen molar-refractivity contribution in [3.8, 4) is 5.88 Å². The summed E-state index contributed by atoms with van der Waals surface area (Å²) < 4.78 is 5.53. The molecule has 3 aromatic rings. The highest BCUT2D eigenvalue weighted by molar-refractivity contribution is 6.33. The molecule has 6 nitrogen and oxygen atoms in total. The Bertz CT molecular complexity index is 765. The van der Waals surface area contributed by atoms with Crippen LogP contribution < -0.4 is 4.74 Å². The molecule has 0 aliphatic carbocycles. The Morgan fingerprint density at radius 3 is 2.80 bits per heavy atom. The number of nitrogens with zero attached hydrogens (tertiary/aromatic N) is 5. The molecule has 20 heavy (non-hydrogen) atoms. The second kappa shape index (κ2) is 5.34. The summed E-state index contributed by atoms with van der Waals surface area (Å²) in [7, 11) is 0. The van der Waals surface area contributed by atoms with E-state index in [0.29, 0.717) is 27.9 Å². The average Bonchev–Trinajstić information content (AvgIpc) is 2.45. The average molecular weight is 288 g/mol.